The molecule has 0 saturated heterocycles. The molecule has 0 saturated carbocycles. The van der Waals surface area contributed by atoms with Crippen LogP contribution in [0, 0.1) is 16.0 Å². The molecule has 10 nitrogen and oxygen atoms in total. The Morgan fingerprint density at radius 3 is 2.73 bits per heavy atom. The summed E-state index contributed by atoms with van der Waals surface area (Å²) in [5.41, 5.74) is 7.01. The number of phenolic OH excluding ortho intramolecular Hbond substituents is 1. The van der Waals surface area contributed by atoms with Gasteiger partial charge in [-0.25, -0.2) is 4.98 Å². The fraction of sp³-hybridized carbons (Fsp3) is 0.381. The Bertz CT molecular complexity index is 945. The molecule has 1 amide bonds. The van der Waals surface area contributed by atoms with Gasteiger partial charge >= 0.3 is 11.7 Å². The maximum absolute atomic E-state index is 12.2. The van der Waals surface area contributed by atoms with Crippen LogP contribution in [-0.4, -0.2) is 51.8 Å². The van der Waals surface area contributed by atoms with Crippen LogP contribution in [0.1, 0.15) is 18.9 Å². The number of nitrogens with two attached hydrogens (primary N) is 1. The van der Waals surface area contributed by atoms with Crippen LogP contribution in [0.5, 0.6) is 5.75 Å². The zero-order chi connectivity index (χ0) is 24.2. The topological polar surface area (TPSA) is 158 Å². The number of rotatable bonds is 13. The molecule has 4 N–H and O–H groups in total. The first-order chi connectivity index (χ1) is 15.8. The van der Waals surface area contributed by atoms with Crippen molar-refractivity contribution in [2.24, 2.45) is 11.7 Å². The van der Waals surface area contributed by atoms with Crippen LogP contribution in [-0.2, 0) is 20.7 Å². The quantitative estimate of drug-likeness (QED) is 0.124. The lowest BCUT2D eigenvalue weighted by Crippen LogP contribution is -2.37. The number of nitro groups is 1. The Labute approximate surface area is 199 Å². The lowest BCUT2D eigenvalue weighted by atomic mass is 9.96. The molecule has 0 aliphatic carbocycles. The van der Waals surface area contributed by atoms with Gasteiger partial charge in [-0.05, 0) is 47.4 Å². The molecule has 2 rings (SSSR count). The first-order valence-corrected chi connectivity index (χ1v) is 12.4. The van der Waals surface area contributed by atoms with E-state index in [4.69, 9.17) is 10.5 Å². The maximum atomic E-state index is 12.2. The number of carbonyl (C=O) groups is 2. The van der Waals surface area contributed by atoms with Crippen molar-refractivity contribution in [2.45, 2.75) is 30.8 Å². The minimum atomic E-state index is -0.571. The molecular formula is C21H26N4O6S2. The fourth-order valence-corrected chi connectivity index (χ4v) is 4.69. The zero-order valence-corrected chi connectivity index (χ0v) is 19.6. The molecule has 1 heterocycles. The van der Waals surface area contributed by atoms with Crippen molar-refractivity contribution in [1.82, 2.24) is 10.3 Å². The normalized spacial score (nSPS) is 12.5. The van der Waals surface area contributed by atoms with Gasteiger partial charge in [-0.15, -0.1) is 0 Å². The van der Waals surface area contributed by atoms with Crippen molar-refractivity contribution in [2.75, 3.05) is 18.9 Å². The number of nitrogens with one attached hydrogen (secondary N) is 1. The van der Waals surface area contributed by atoms with Gasteiger partial charge in [0, 0.05) is 30.0 Å². The monoisotopic (exact) mass is 494 g/mol. The third-order valence-electron chi connectivity index (χ3n) is 4.46. The number of hydrogen-bond acceptors (Lipinski definition) is 10. The zero-order valence-electron chi connectivity index (χ0n) is 18.0. The van der Waals surface area contributed by atoms with Gasteiger partial charge in [0.1, 0.15) is 18.9 Å². The largest absolute Gasteiger partial charge is 0.508 e. The molecule has 12 heteroatoms. The van der Waals surface area contributed by atoms with E-state index in [1.165, 1.54) is 29.1 Å². The number of hydrogen-bond donors (Lipinski definition) is 3. The highest BCUT2D eigenvalue weighted by molar-refractivity contribution is 8.76. The molecular weight excluding hydrogens is 468 g/mol. The van der Waals surface area contributed by atoms with E-state index in [1.807, 2.05) is 0 Å². The molecule has 178 valence electrons. The van der Waals surface area contributed by atoms with Gasteiger partial charge in [-0.3, -0.25) is 19.7 Å². The molecule has 2 atom stereocenters. The van der Waals surface area contributed by atoms with Crippen molar-refractivity contribution < 1.29 is 24.4 Å². The molecule has 0 bridgehead atoms. The van der Waals surface area contributed by atoms with Gasteiger partial charge in [0.05, 0.1) is 4.92 Å². The van der Waals surface area contributed by atoms with Crippen LogP contribution in [0.4, 0.5) is 5.69 Å². The van der Waals surface area contributed by atoms with Crippen LogP contribution in [0.2, 0.25) is 0 Å². The molecule has 0 aliphatic heterocycles. The van der Waals surface area contributed by atoms with Crippen LogP contribution in [0.15, 0.2) is 47.6 Å². The van der Waals surface area contributed by atoms with Gasteiger partial charge in [-0.1, -0.05) is 29.9 Å². The standard InChI is InChI=1S/C21H26N4O6S2/c1-14(11-16(22)12-15-4-6-17(26)7-5-15)20(28)24-13-19(27)31-9-10-32-33-21-18(25(29)30)3-2-8-23-21/h2-8,14,16,26H,9-13,22H2,1H3,(H,24,28)/t14-,16+/m0/s1. The van der Waals surface area contributed by atoms with Crippen LogP contribution in [0.3, 0.4) is 0 Å². The molecule has 1 aromatic carbocycles. The number of carbonyl (C=O) groups excluding carboxylic acids is 2. The lowest BCUT2D eigenvalue weighted by Gasteiger charge is -2.17. The number of amides is 1. The van der Waals surface area contributed by atoms with E-state index in [-0.39, 0.29) is 47.5 Å². The third-order valence-corrected chi connectivity index (χ3v) is 6.71. The molecule has 0 unspecified atom stereocenters. The van der Waals surface area contributed by atoms with E-state index >= 15 is 0 Å². The Kier molecular flexibility index (Phi) is 10.9. The average Bonchev–Trinajstić information content (AvgIpc) is 2.78. The first kappa shape index (κ1) is 26.4. The van der Waals surface area contributed by atoms with Gasteiger partial charge in [0.15, 0.2) is 5.03 Å². The summed E-state index contributed by atoms with van der Waals surface area (Å²) in [6.45, 7) is 1.59. The number of phenols is 1. The Morgan fingerprint density at radius 2 is 2.03 bits per heavy atom. The van der Waals surface area contributed by atoms with Gasteiger partial charge in [0.25, 0.3) is 0 Å². The highest BCUT2D eigenvalue weighted by Gasteiger charge is 2.18. The third kappa shape index (κ3) is 9.68. The van der Waals surface area contributed by atoms with E-state index in [9.17, 15) is 24.8 Å². The molecule has 2 aromatic rings. The van der Waals surface area contributed by atoms with Crippen LogP contribution in [0.25, 0.3) is 0 Å². The van der Waals surface area contributed by atoms with Crippen molar-refractivity contribution in [3.63, 3.8) is 0 Å². The second-order valence-electron chi connectivity index (χ2n) is 7.20. The van der Waals surface area contributed by atoms with Crippen molar-refractivity contribution in [3.05, 3.63) is 58.3 Å². The number of nitrogens with zero attached hydrogens (tertiary/aromatic N) is 2. The summed E-state index contributed by atoms with van der Waals surface area (Å²) >= 11 is 0. The summed E-state index contributed by atoms with van der Waals surface area (Å²) in [6, 6.07) is 9.36. The molecule has 33 heavy (non-hydrogen) atoms. The second kappa shape index (κ2) is 13.7. The van der Waals surface area contributed by atoms with Crippen molar-refractivity contribution in [1.29, 1.82) is 0 Å². The van der Waals surface area contributed by atoms with E-state index < -0.39 is 10.9 Å². The summed E-state index contributed by atoms with van der Waals surface area (Å²) in [4.78, 5) is 38.5. The molecule has 0 spiro atoms. The number of aromatic nitrogens is 1. The Balaban J connectivity index is 1.61. The van der Waals surface area contributed by atoms with E-state index in [0.29, 0.717) is 18.6 Å². The average molecular weight is 495 g/mol. The number of esters is 1. The molecule has 1 aromatic heterocycles. The minimum absolute atomic E-state index is 0.0772. The smallest absolute Gasteiger partial charge is 0.325 e. The summed E-state index contributed by atoms with van der Waals surface area (Å²) in [5.74, 6) is -0.660. The summed E-state index contributed by atoms with van der Waals surface area (Å²) in [6.07, 6.45) is 2.48. The second-order valence-corrected chi connectivity index (χ2v) is 9.60. The highest BCUT2D eigenvalue weighted by atomic mass is 33.1. The van der Waals surface area contributed by atoms with E-state index in [2.05, 4.69) is 10.3 Å². The number of pyridine rings is 1. The maximum Gasteiger partial charge on any atom is 0.325 e. The summed E-state index contributed by atoms with van der Waals surface area (Å²) < 4.78 is 5.07. The van der Waals surface area contributed by atoms with Crippen LogP contribution >= 0.6 is 21.6 Å². The highest BCUT2D eigenvalue weighted by Crippen LogP contribution is 2.35. The van der Waals surface area contributed by atoms with Crippen molar-refractivity contribution in [3.8, 4) is 5.75 Å². The minimum Gasteiger partial charge on any atom is -0.508 e. The summed E-state index contributed by atoms with van der Waals surface area (Å²) in [5, 5.41) is 23.1. The fourth-order valence-electron chi connectivity index (χ4n) is 2.84. The summed E-state index contributed by atoms with van der Waals surface area (Å²) in [7, 11) is 2.41. The van der Waals surface area contributed by atoms with Crippen molar-refractivity contribution >= 4 is 39.2 Å². The lowest BCUT2D eigenvalue weighted by molar-refractivity contribution is -0.388. The predicted molar refractivity (Wildman–Crippen MR) is 127 cm³/mol. The SMILES string of the molecule is C[C@@H](C[C@@H](N)Cc1ccc(O)cc1)C(=O)NCC(=O)OCCSSc1ncccc1[N+](=O)[O-]. The number of aromatic hydroxyl groups is 1. The Morgan fingerprint density at radius 1 is 1.30 bits per heavy atom. The molecule has 0 aliphatic rings. The van der Waals surface area contributed by atoms with E-state index in [0.717, 1.165) is 16.4 Å². The van der Waals surface area contributed by atoms with Crippen LogP contribution < -0.4 is 11.1 Å². The number of benzene rings is 1. The van der Waals surface area contributed by atoms with Gasteiger partial charge in [-0.2, -0.15) is 0 Å². The first-order valence-electron chi connectivity index (χ1n) is 10.1. The molecule has 0 fully saturated rings. The van der Waals surface area contributed by atoms with E-state index in [1.54, 1.807) is 31.2 Å². The molecule has 0 radical (unpaired) electrons. The Hall–Kier alpha value is -2.83. The predicted octanol–water partition coefficient (Wildman–Crippen LogP) is 2.69. The number of ether oxygens (including phenoxy) is 1. The van der Waals surface area contributed by atoms with Gasteiger partial charge in [0.2, 0.25) is 5.91 Å². The van der Waals surface area contributed by atoms with Gasteiger partial charge < -0.3 is 20.9 Å².